The molecule has 268 valence electrons. The Hall–Kier alpha value is -7.20. The van der Waals surface area contributed by atoms with Gasteiger partial charge in [-0.3, -0.25) is 0 Å². The molecular formula is C54H38N2Si. The van der Waals surface area contributed by atoms with Crippen LogP contribution in [0.1, 0.15) is 50.7 Å². The average molecular weight is 780 g/mol. The lowest BCUT2D eigenvalue weighted by Gasteiger charge is -2.34. The Bertz CT molecular complexity index is 5230. The van der Waals surface area contributed by atoms with Crippen molar-refractivity contribution in [2.45, 2.75) is 0 Å². The van der Waals surface area contributed by atoms with Crippen LogP contribution in [0, 0.1) is 0 Å². The third-order valence-electron chi connectivity index (χ3n) is 9.31. The van der Waals surface area contributed by atoms with Gasteiger partial charge in [-0.25, -0.2) is 0 Å². The van der Waals surface area contributed by atoms with E-state index in [0.29, 0.717) is 15.2 Å². The van der Waals surface area contributed by atoms with Gasteiger partial charge >= 0.3 is 0 Å². The quantitative estimate of drug-likeness (QED) is 0.113. The van der Waals surface area contributed by atoms with Gasteiger partial charge < -0.3 is 9.13 Å². The predicted octanol–water partition coefficient (Wildman–Crippen LogP) is 10.9. The smallest absolute Gasteiger partial charge is 0.179 e. The molecule has 11 aromatic rings. The number of hydrogen-bond donors (Lipinski definition) is 0. The number of fused-ring (bicyclic) bond motifs is 7. The fourth-order valence-electron chi connectivity index (χ4n) is 7.14. The highest BCUT2D eigenvalue weighted by Crippen LogP contribution is 2.46. The van der Waals surface area contributed by atoms with Crippen molar-refractivity contribution < 1.29 is 50.7 Å². The summed E-state index contributed by atoms with van der Waals surface area (Å²) in [6.07, 6.45) is 0. The van der Waals surface area contributed by atoms with Gasteiger partial charge in [0, 0.05) is 32.9 Å². The zero-order chi connectivity index (χ0) is 70.0. The van der Waals surface area contributed by atoms with Crippen LogP contribution in [-0.2, 0) is 0 Å². The van der Waals surface area contributed by atoms with Crippen LogP contribution in [0.5, 0.6) is 0 Å². The van der Waals surface area contributed by atoms with E-state index in [1.54, 1.807) is 0 Å². The number of benzene rings is 9. The van der Waals surface area contributed by atoms with Crippen LogP contribution in [-0.4, -0.2) is 17.2 Å². The van der Waals surface area contributed by atoms with Crippen LogP contribution >= 0.6 is 0 Å². The van der Waals surface area contributed by atoms with E-state index in [-0.39, 0.29) is 0 Å². The molecule has 0 fully saturated rings. The highest BCUT2D eigenvalue weighted by molar-refractivity contribution is 7.19. The van der Waals surface area contributed by atoms with Crippen LogP contribution in [0.4, 0.5) is 0 Å². The van der Waals surface area contributed by atoms with E-state index in [1.165, 1.54) is 0 Å². The Morgan fingerprint density at radius 1 is 0.351 bits per heavy atom. The first-order valence-electron chi connectivity index (χ1n) is 35.2. The van der Waals surface area contributed by atoms with Crippen molar-refractivity contribution in [2.24, 2.45) is 0 Å². The first kappa shape index (κ1) is 12.7. The van der Waals surface area contributed by atoms with Crippen LogP contribution in [0.15, 0.2) is 230 Å². The standard InChI is InChI=1S/C54H38N2Si/c1-6-22-40(23-7-1)55-49-35-18-17-34-47(49)53-51(55)38-48(52-46-33-16-19-36-50(46)56(54(52)53)41-24-8-2-9-25-41)39-21-20-32-45(37-39)57(42-26-10-3-11-27-42,43-28-12-4-13-29-43)44-30-14-5-15-31-44/h1-38H/i1D,2D,3D,4D,5D,6D,7D,8D,9D,10D,11D,12D,13D,14D,15D,16D,17D,18D,19D,20D,21D,22D,23D,24D,25D,26D,27D,28D,29D,30D,32D,33D,34D,35D,36D,37D,38D. The first-order chi connectivity index (χ1) is 43.7. The van der Waals surface area contributed by atoms with Crippen molar-refractivity contribution in [3.8, 4) is 22.5 Å². The van der Waals surface area contributed by atoms with Crippen LogP contribution in [0.3, 0.4) is 0 Å². The highest BCUT2D eigenvalue weighted by atomic mass is 28.3. The molecule has 2 nitrogen and oxygen atoms in total. The molecule has 0 amide bonds. The van der Waals surface area contributed by atoms with E-state index in [4.69, 9.17) is 26.0 Å². The van der Waals surface area contributed by atoms with Crippen molar-refractivity contribution in [1.82, 2.24) is 9.13 Å². The van der Waals surface area contributed by atoms with Gasteiger partial charge in [-0.05, 0) is 74.2 Å². The molecule has 0 N–H and O–H groups in total. The number of aromatic nitrogens is 2. The number of para-hydroxylation sites is 4. The zero-order valence-electron chi connectivity index (χ0n) is 65.5. The normalized spacial score (nSPS) is 20.9. The van der Waals surface area contributed by atoms with Crippen LogP contribution in [0.2, 0.25) is 0 Å². The highest BCUT2D eigenvalue weighted by Gasteiger charge is 2.41. The maximum atomic E-state index is 10.8. The molecule has 0 radical (unpaired) electrons. The Labute approximate surface area is 385 Å². The summed E-state index contributed by atoms with van der Waals surface area (Å²) in [7, 11) is -6.54. The summed E-state index contributed by atoms with van der Waals surface area (Å²) in [5.74, 6) is 0. The van der Waals surface area contributed by atoms with E-state index in [1.807, 2.05) is 0 Å². The molecule has 57 heavy (non-hydrogen) atoms. The zero-order valence-corrected chi connectivity index (χ0v) is 29.5. The van der Waals surface area contributed by atoms with Crippen molar-refractivity contribution in [3.63, 3.8) is 0 Å². The minimum atomic E-state index is -6.54. The second-order valence-corrected chi connectivity index (χ2v) is 15.6. The summed E-state index contributed by atoms with van der Waals surface area (Å²) < 4.78 is 347. The molecule has 9 aromatic carbocycles. The van der Waals surface area contributed by atoms with Crippen molar-refractivity contribution in [2.75, 3.05) is 0 Å². The van der Waals surface area contributed by atoms with Gasteiger partial charge in [0.05, 0.1) is 72.8 Å². The summed E-state index contributed by atoms with van der Waals surface area (Å²) in [6, 6.07) is -43.7. The van der Waals surface area contributed by atoms with Gasteiger partial charge in [-0.2, -0.15) is 0 Å². The van der Waals surface area contributed by atoms with Gasteiger partial charge in [-0.15, -0.1) is 0 Å². The second-order valence-electron chi connectivity index (χ2n) is 12.1. The third-order valence-corrected chi connectivity index (χ3v) is 13.4. The molecule has 3 heteroatoms. The molecule has 0 aliphatic rings. The van der Waals surface area contributed by atoms with Crippen molar-refractivity contribution >= 4 is 72.4 Å². The maximum absolute atomic E-state index is 10.8. The minimum Gasteiger partial charge on any atom is -0.309 e. The molecular weight excluding hydrogens is 705 g/mol. The first-order valence-corrected chi connectivity index (χ1v) is 18.7. The summed E-state index contributed by atoms with van der Waals surface area (Å²) in [6.45, 7) is 0. The minimum absolute atomic E-state index is 0.570. The number of hydrogen-bond acceptors (Lipinski definition) is 0. The molecule has 0 aliphatic heterocycles. The van der Waals surface area contributed by atoms with Gasteiger partial charge in [-0.1, -0.05) is 187 Å². The monoisotopic (exact) mass is 780 g/mol. The van der Waals surface area contributed by atoms with Crippen LogP contribution < -0.4 is 20.7 Å². The fraction of sp³-hybridized carbons (Fsp3) is 0. The molecule has 0 bridgehead atoms. The van der Waals surface area contributed by atoms with E-state index in [9.17, 15) is 24.7 Å². The van der Waals surface area contributed by atoms with Crippen molar-refractivity contribution in [1.29, 1.82) is 0 Å². The van der Waals surface area contributed by atoms with E-state index < -0.39 is 319 Å². The topological polar surface area (TPSA) is 9.86 Å². The number of nitrogens with zero attached hydrogens (tertiary/aromatic N) is 2. The number of rotatable bonds is 7. The molecule has 0 unspecified atom stereocenters. The molecule has 2 aromatic heterocycles. The van der Waals surface area contributed by atoms with E-state index >= 15 is 0 Å². The van der Waals surface area contributed by atoms with E-state index in [2.05, 4.69) is 0 Å². The molecule has 0 saturated carbocycles. The lowest BCUT2D eigenvalue weighted by molar-refractivity contribution is 1.17. The Kier molecular flexibility index (Phi) is 3.00. The summed E-state index contributed by atoms with van der Waals surface area (Å²) in [4.78, 5) is 0. The molecule has 0 atom stereocenters. The Balaban J connectivity index is 1.62. The predicted molar refractivity (Wildman–Crippen MR) is 244 cm³/mol. The van der Waals surface area contributed by atoms with Gasteiger partial charge in [0.1, 0.15) is 0 Å². The third kappa shape index (κ3) is 5.10. The van der Waals surface area contributed by atoms with Gasteiger partial charge in [0.25, 0.3) is 0 Å². The summed E-state index contributed by atoms with van der Waals surface area (Å²) >= 11 is 0. The average Bonchev–Trinajstić information content (AvgIpc) is 1.62. The van der Waals surface area contributed by atoms with Gasteiger partial charge in [0.15, 0.2) is 8.07 Å². The van der Waals surface area contributed by atoms with Gasteiger partial charge in [0.2, 0.25) is 0 Å². The molecule has 11 rings (SSSR count). The lowest BCUT2D eigenvalue weighted by atomic mass is 9.96. The fourth-order valence-corrected chi connectivity index (χ4v) is 10.8. The molecule has 2 heterocycles. The maximum Gasteiger partial charge on any atom is 0.179 e. The Morgan fingerprint density at radius 3 is 1.46 bits per heavy atom. The molecule has 0 spiro atoms. The molecule has 0 saturated heterocycles. The lowest BCUT2D eigenvalue weighted by Crippen LogP contribution is -2.74. The van der Waals surface area contributed by atoms with Crippen molar-refractivity contribution in [3.05, 3.63) is 230 Å². The van der Waals surface area contributed by atoms with Crippen LogP contribution in [0.25, 0.3) is 66.1 Å². The van der Waals surface area contributed by atoms with E-state index in [0.717, 1.165) is 0 Å². The Morgan fingerprint density at radius 2 is 0.825 bits per heavy atom. The second kappa shape index (κ2) is 13.5. The largest absolute Gasteiger partial charge is 0.309 e. The molecule has 0 aliphatic carbocycles. The SMILES string of the molecule is [2H]c1cc([Si](c2c([2H])c([2H])c([2H])c([2H])c2[2H])(c2c([2H])c([2H])c([2H])c([2H])c2[2H])c2c([2H])c([2H])c([2H])c(-c3c([2H])c4c(c5c([2H])c([2H])c([2H])c([2H])c5n4-c4c([2H])c([2H])c([2H])c([2H])c4[2H])c4c3c3c([2H])c([2H])c([2H])c([2H])c3n4-c3c([2H])c([2H])c([2H])c([2H])c3[2H])c2[2H])c([2H])c([2H])c1[2H]. The summed E-state index contributed by atoms with van der Waals surface area (Å²) in [5, 5.41) is -8.14. The summed E-state index contributed by atoms with van der Waals surface area (Å²) in [5.41, 5.74) is -8.13.